The molecule has 0 radical (unpaired) electrons. The number of nitrogens with one attached hydrogen (secondary N) is 1. The van der Waals surface area contributed by atoms with Crippen molar-refractivity contribution in [3.05, 3.63) is 28.6 Å². The van der Waals surface area contributed by atoms with Crippen molar-refractivity contribution in [2.75, 3.05) is 11.9 Å². The molecule has 0 bridgehead atoms. The molecule has 1 aromatic rings. The molecule has 1 fully saturated rings. The van der Waals surface area contributed by atoms with Crippen LogP contribution in [-0.2, 0) is 0 Å². The topological polar surface area (TPSA) is 88.3 Å². The van der Waals surface area contributed by atoms with Crippen LogP contribution in [-0.4, -0.2) is 27.2 Å². The second-order valence-electron chi connectivity index (χ2n) is 5.41. The Kier molecular flexibility index (Phi) is 3.99. The highest BCUT2D eigenvalue weighted by Gasteiger charge is 2.35. The molecule has 0 aliphatic heterocycles. The van der Waals surface area contributed by atoms with E-state index in [1.807, 2.05) is 0 Å². The SMILES string of the molecule is CC1CCCC(CO)(Nc2ccncc2[N+](=O)[O-])C1. The molecule has 0 amide bonds. The van der Waals surface area contributed by atoms with Crippen LogP contribution < -0.4 is 5.32 Å². The fourth-order valence-electron chi connectivity index (χ4n) is 2.88. The van der Waals surface area contributed by atoms with Crippen LogP contribution >= 0.6 is 0 Å². The lowest BCUT2D eigenvalue weighted by Gasteiger charge is -2.40. The first-order valence-corrected chi connectivity index (χ1v) is 6.54. The zero-order valence-corrected chi connectivity index (χ0v) is 11.0. The van der Waals surface area contributed by atoms with Gasteiger partial charge in [0.2, 0.25) is 0 Å². The number of nitro groups is 1. The molecule has 2 unspecified atom stereocenters. The smallest absolute Gasteiger partial charge is 0.310 e. The van der Waals surface area contributed by atoms with E-state index in [-0.39, 0.29) is 12.3 Å². The number of nitrogens with zero attached hydrogens (tertiary/aromatic N) is 2. The number of aliphatic hydroxyl groups excluding tert-OH is 1. The molecule has 104 valence electrons. The lowest BCUT2D eigenvalue weighted by molar-refractivity contribution is -0.384. The maximum atomic E-state index is 11.0. The first kappa shape index (κ1) is 13.7. The molecule has 1 aliphatic carbocycles. The summed E-state index contributed by atoms with van der Waals surface area (Å²) in [6, 6.07) is 1.59. The molecule has 1 aromatic heterocycles. The Morgan fingerprint density at radius 3 is 3.11 bits per heavy atom. The van der Waals surface area contributed by atoms with Gasteiger partial charge in [-0.2, -0.15) is 0 Å². The van der Waals surface area contributed by atoms with E-state index in [1.54, 1.807) is 6.07 Å². The van der Waals surface area contributed by atoms with E-state index in [0.29, 0.717) is 11.6 Å². The van der Waals surface area contributed by atoms with Crippen LogP contribution in [0, 0.1) is 16.0 Å². The minimum Gasteiger partial charge on any atom is -0.394 e. The van der Waals surface area contributed by atoms with Crippen LogP contribution in [0.2, 0.25) is 0 Å². The second kappa shape index (κ2) is 5.52. The molecule has 6 nitrogen and oxygen atoms in total. The Bertz CT molecular complexity index is 466. The third-order valence-electron chi connectivity index (χ3n) is 3.79. The van der Waals surface area contributed by atoms with Gasteiger partial charge in [-0.1, -0.05) is 19.8 Å². The molecular formula is C13H19N3O3. The summed E-state index contributed by atoms with van der Waals surface area (Å²) in [7, 11) is 0. The summed E-state index contributed by atoms with van der Waals surface area (Å²) in [4.78, 5) is 14.3. The predicted octanol–water partition coefficient (Wildman–Crippen LogP) is 2.34. The highest BCUT2D eigenvalue weighted by molar-refractivity contribution is 5.61. The van der Waals surface area contributed by atoms with Crippen LogP contribution in [0.4, 0.5) is 11.4 Å². The standard InChI is InChI=1S/C13H19N3O3/c1-10-3-2-5-13(7-10,9-17)15-11-4-6-14-8-12(11)16(18)19/h4,6,8,10,17H,2-3,5,7,9H2,1H3,(H,14,15). The number of aliphatic hydroxyl groups is 1. The quantitative estimate of drug-likeness (QED) is 0.644. The summed E-state index contributed by atoms with van der Waals surface area (Å²) in [6.45, 7) is 2.13. The molecule has 1 aliphatic rings. The zero-order chi connectivity index (χ0) is 13.9. The van der Waals surface area contributed by atoms with Crippen LogP contribution in [0.5, 0.6) is 0 Å². The van der Waals surface area contributed by atoms with Crippen LogP contribution in [0.25, 0.3) is 0 Å². The van der Waals surface area contributed by atoms with Crippen LogP contribution in [0.1, 0.15) is 32.6 Å². The van der Waals surface area contributed by atoms with Crippen molar-refractivity contribution in [3.8, 4) is 0 Å². The van der Waals surface area contributed by atoms with Crippen molar-refractivity contribution in [1.82, 2.24) is 4.98 Å². The zero-order valence-electron chi connectivity index (χ0n) is 11.0. The predicted molar refractivity (Wildman–Crippen MR) is 72.0 cm³/mol. The summed E-state index contributed by atoms with van der Waals surface area (Å²) >= 11 is 0. The van der Waals surface area contributed by atoms with E-state index in [1.165, 1.54) is 12.4 Å². The van der Waals surface area contributed by atoms with Gasteiger partial charge in [0.25, 0.3) is 0 Å². The Labute approximate surface area is 112 Å². The van der Waals surface area contributed by atoms with E-state index in [0.717, 1.165) is 25.7 Å². The Morgan fingerprint density at radius 2 is 2.47 bits per heavy atom. The van der Waals surface area contributed by atoms with E-state index in [4.69, 9.17) is 0 Å². The van der Waals surface area contributed by atoms with Crippen LogP contribution in [0.3, 0.4) is 0 Å². The maximum Gasteiger partial charge on any atom is 0.310 e. The van der Waals surface area contributed by atoms with Crippen LogP contribution in [0.15, 0.2) is 18.5 Å². The number of aromatic nitrogens is 1. The maximum absolute atomic E-state index is 11.0. The highest BCUT2D eigenvalue weighted by Crippen LogP contribution is 2.36. The third kappa shape index (κ3) is 3.01. The number of pyridine rings is 1. The minimum atomic E-state index is -0.455. The molecule has 2 rings (SSSR count). The lowest BCUT2D eigenvalue weighted by atomic mass is 9.76. The largest absolute Gasteiger partial charge is 0.394 e. The normalized spacial score (nSPS) is 26.9. The van der Waals surface area contributed by atoms with Gasteiger partial charge in [-0.3, -0.25) is 15.1 Å². The van der Waals surface area contributed by atoms with E-state index in [9.17, 15) is 15.2 Å². The third-order valence-corrected chi connectivity index (χ3v) is 3.79. The van der Waals surface area contributed by atoms with E-state index in [2.05, 4.69) is 17.2 Å². The minimum absolute atomic E-state index is 0.0170. The number of anilines is 1. The number of hydrogen-bond donors (Lipinski definition) is 2. The Morgan fingerprint density at radius 1 is 1.68 bits per heavy atom. The molecule has 0 saturated heterocycles. The fraction of sp³-hybridized carbons (Fsp3) is 0.615. The van der Waals surface area contributed by atoms with Gasteiger partial charge in [0.05, 0.1) is 17.1 Å². The summed E-state index contributed by atoms with van der Waals surface area (Å²) < 4.78 is 0. The molecule has 0 aromatic carbocycles. The van der Waals surface area contributed by atoms with E-state index >= 15 is 0 Å². The van der Waals surface area contributed by atoms with Crippen molar-refractivity contribution in [3.63, 3.8) is 0 Å². The average Bonchev–Trinajstić information content (AvgIpc) is 2.39. The average molecular weight is 265 g/mol. The molecular weight excluding hydrogens is 246 g/mol. The Hall–Kier alpha value is -1.69. The van der Waals surface area contributed by atoms with Gasteiger partial charge in [-0.25, -0.2) is 0 Å². The lowest BCUT2D eigenvalue weighted by Crippen LogP contribution is -2.46. The highest BCUT2D eigenvalue weighted by atomic mass is 16.6. The molecule has 2 atom stereocenters. The van der Waals surface area contributed by atoms with E-state index < -0.39 is 10.5 Å². The van der Waals surface area contributed by atoms with Crippen molar-refractivity contribution in [2.45, 2.75) is 38.1 Å². The second-order valence-corrected chi connectivity index (χ2v) is 5.41. The van der Waals surface area contributed by atoms with Gasteiger partial charge in [0.1, 0.15) is 11.9 Å². The van der Waals surface area contributed by atoms with Gasteiger partial charge in [0.15, 0.2) is 0 Å². The van der Waals surface area contributed by atoms with Gasteiger partial charge in [0, 0.05) is 6.20 Å². The van der Waals surface area contributed by atoms with Gasteiger partial charge in [-0.05, 0) is 24.8 Å². The summed E-state index contributed by atoms with van der Waals surface area (Å²) in [6.07, 6.45) is 6.57. The molecule has 2 N–H and O–H groups in total. The summed E-state index contributed by atoms with van der Waals surface area (Å²) in [5.74, 6) is 0.509. The first-order chi connectivity index (χ1) is 9.06. The van der Waals surface area contributed by atoms with Crippen molar-refractivity contribution in [1.29, 1.82) is 0 Å². The summed E-state index contributed by atoms with van der Waals surface area (Å²) in [5, 5.41) is 23.9. The molecule has 19 heavy (non-hydrogen) atoms. The molecule has 1 heterocycles. The van der Waals surface area contributed by atoms with Gasteiger partial charge in [-0.15, -0.1) is 0 Å². The Balaban J connectivity index is 2.25. The van der Waals surface area contributed by atoms with Crippen molar-refractivity contribution in [2.24, 2.45) is 5.92 Å². The molecule has 0 spiro atoms. The van der Waals surface area contributed by atoms with Gasteiger partial charge >= 0.3 is 5.69 Å². The van der Waals surface area contributed by atoms with Crippen molar-refractivity contribution >= 4 is 11.4 Å². The number of hydrogen-bond acceptors (Lipinski definition) is 5. The van der Waals surface area contributed by atoms with Gasteiger partial charge < -0.3 is 10.4 Å². The number of rotatable bonds is 4. The molecule has 1 saturated carbocycles. The van der Waals surface area contributed by atoms with Crippen molar-refractivity contribution < 1.29 is 10.0 Å². The fourth-order valence-corrected chi connectivity index (χ4v) is 2.88. The monoisotopic (exact) mass is 265 g/mol. The first-order valence-electron chi connectivity index (χ1n) is 6.54. The molecule has 6 heteroatoms. The summed E-state index contributed by atoms with van der Waals surface area (Å²) in [5.41, 5.74) is -0.0687.